The molecule has 15 heavy (non-hydrogen) atoms. The molecule has 1 aromatic heterocycles. The van der Waals surface area contributed by atoms with Gasteiger partial charge in [0.1, 0.15) is 18.5 Å². The molecule has 0 aliphatic heterocycles. The normalized spacial score (nSPS) is 12.5. The summed E-state index contributed by atoms with van der Waals surface area (Å²) in [5, 5.41) is 0. The Balaban J connectivity index is 2.38. The molecule has 0 spiro atoms. The van der Waals surface area contributed by atoms with Crippen molar-refractivity contribution in [3.05, 3.63) is 24.0 Å². The van der Waals surface area contributed by atoms with Crippen molar-refractivity contribution in [1.29, 1.82) is 0 Å². The second kappa shape index (κ2) is 6.37. The van der Waals surface area contributed by atoms with Gasteiger partial charge in [-0.1, -0.05) is 0 Å². The highest BCUT2D eigenvalue weighted by atomic mass is 16.5. The summed E-state index contributed by atoms with van der Waals surface area (Å²) in [6, 6.07) is 3.80. The lowest BCUT2D eigenvalue weighted by atomic mass is 10.3. The van der Waals surface area contributed by atoms with Gasteiger partial charge >= 0.3 is 0 Å². The van der Waals surface area contributed by atoms with Crippen molar-refractivity contribution >= 4 is 0 Å². The summed E-state index contributed by atoms with van der Waals surface area (Å²) in [7, 11) is 0. The zero-order chi connectivity index (χ0) is 11.1. The molecule has 0 radical (unpaired) electrons. The van der Waals surface area contributed by atoms with E-state index < -0.39 is 0 Å². The minimum atomic E-state index is -0.0451. The summed E-state index contributed by atoms with van der Waals surface area (Å²) in [6.07, 6.45) is 1.66. The van der Waals surface area contributed by atoms with Crippen molar-refractivity contribution in [3.8, 4) is 5.75 Å². The van der Waals surface area contributed by atoms with Crippen LogP contribution >= 0.6 is 0 Å². The highest BCUT2D eigenvalue weighted by Crippen LogP contribution is 2.09. The maximum Gasteiger partial charge on any atom is 0.137 e. The summed E-state index contributed by atoms with van der Waals surface area (Å²) < 4.78 is 10.9. The Bertz CT molecular complexity index is 274. The van der Waals surface area contributed by atoms with Crippen molar-refractivity contribution in [2.75, 3.05) is 19.8 Å². The molecule has 0 aliphatic carbocycles. The molecule has 4 nitrogen and oxygen atoms in total. The Morgan fingerprint density at radius 3 is 2.80 bits per heavy atom. The second-order valence-corrected chi connectivity index (χ2v) is 3.26. The Morgan fingerprint density at radius 2 is 2.27 bits per heavy atom. The Morgan fingerprint density at radius 1 is 1.47 bits per heavy atom. The van der Waals surface area contributed by atoms with Crippen LogP contribution in [0.4, 0.5) is 0 Å². The van der Waals surface area contributed by atoms with Crippen molar-refractivity contribution < 1.29 is 9.47 Å². The van der Waals surface area contributed by atoms with Gasteiger partial charge in [0, 0.05) is 18.8 Å². The molecule has 0 saturated carbocycles. The molecule has 84 valence electrons. The number of hydrogen-bond donors (Lipinski definition) is 1. The molecule has 4 heteroatoms. The van der Waals surface area contributed by atoms with Crippen LogP contribution in [0.3, 0.4) is 0 Å². The van der Waals surface area contributed by atoms with Crippen LogP contribution in [0.1, 0.15) is 12.6 Å². The fourth-order valence-electron chi connectivity index (χ4n) is 1.15. The third kappa shape index (κ3) is 4.27. The van der Waals surface area contributed by atoms with Gasteiger partial charge in [-0.3, -0.25) is 4.98 Å². The Kier molecular flexibility index (Phi) is 5.07. The van der Waals surface area contributed by atoms with E-state index in [2.05, 4.69) is 4.98 Å². The smallest absolute Gasteiger partial charge is 0.137 e. The summed E-state index contributed by atoms with van der Waals surface area (Å²) in [6.45, 7) is 5.46. The monoisotopic (exact) mass is 210 g/mol. The number of hydrogen-bond acceptors (Lipinski definition) is 4. The molecule has 0 amide bonds. The number of nitrogens with two attached hydrogens (primary N) is 1. The first-order valence-electron chi connectivity index (χ1n) is 5.13. The molecule has 2 N–H and O–H groups in total. The molecule has 0 bridgehead atoms. The zero-order valence-electron chi connectivity index (χ0n) is 9.27. The van der Waals surface area contributed by atoms with Gasteiger partial charge in [0.25, 0.3) is 0 Å². The van der Waals surface area contributed by atoms with Crippen molar-refractivity contribution in [2.45, 2.75) is 20.0 Å². The van der Waals surface area contributed by atoms with Crippen molar-refractivity contribution in [2.24, 2.45) is 5.73 Å². The van der Waals surface area contributed by atoms with Gasteiger partial charge in [0.05, 0.1) is 6.20 Å². The molecule has 0 aliphatic rings. The molecule has 0 aromatic carbocycles. The van der Waals surface area contributed by atoms with Crippen molar-refractivity contribution in [3.63, 3.8) is 0 Å². The average molecular weight is 210 g/mol. The second-order valence-electron chi connectivity index (χ2n) is 3.26. The standard InChI is InChI=1S/C11H18N2O2/c1-3-14-11(6-12)8-15-10-5-4-9(2)13-7-10/h4-5,7,11H,3,6,8,12H2,1-2H3. The van der Waals surface area contributed by atoms with Crippen LogP contribution < -0.4 is 10.5 Å². The summed E-state index contributed by atoms with van der Waals surface area (Å²) in [5.41, 5.74) is 6.50. The third-order valence-corrected chi connectivity index (χ3v) is 1.99. The van der Waals surface area contributed by atoms with Crippen LogP contribution in [0.2, 0.25) is 0 Å². The van der Waals surface area contributed by atoms with E-state index in [-0.39, 0.29) is 6.10 Å². The summed E-state index contributed by atoms with van der Waals surface area (Å²) >= 11 is 0. The number of pyridine rings is 1. The highest BCUT2D eigenvalue weighted by Gasteiger charge is 2.06. The third-order valence-electron chi connectivity index (χ3n) is 1.99. The molecular formula is C11H18N2O2. The highest BCUT2D eigenvalue weighted by molar-refractivity contribution is 5.19. The van der Waals surface area contributed by atoms with E-state index in [1.165, 1.54) is 0 Å². The lowest BCUT2D eigenvalue weighted by Gasteiger charge is -2.15. The van der Waals surface area contributed by atoms with Crippen LogP contribution in [0.15, 0.2) is 18.3 Å². The number of aryl methyl sites for hydroxylation is 1. The maximum atomic E-state index is 5.53. The quantitative estimate of drug-likeness (QED) is 0.764. The fraction of sp³-hybridized carbons (Fsp3) is 0.545. The first-order valence-corrected chi connectivity index (χ1v) is 5.13. The van der Waals surface area contributed by atoms with E-state index in [4.69, 9.17) is 15.2 Å². The number of rotatable bonds is 6. The topological polar surface area (TPSA) is 57.4 Å². The fourth-order valence-corrected chi connectivity index (χ4v) is 1.15. The van der Waals surface area contributed by atoms with Gasteiger partial charge in [-0.2, -0.15) is 0 Å². The first kappa shape index (κ1) is 11.9. The predicted octanol–water partition coefficient (Wildman–Crippen LogP) is 1.13. The van der Waals surface area contributed by atoms with Gasteiger partial charge in [-0.15, -0.1) is 0 Å². The van der Waals surface area contributed by atoms with Gasteiger partial charge in [0.2, 0.25) is 0 Å². The minimum Gasteiger partial charge on any atom is -0.489 e. The van der Waals surface area contributed by atoms with Crippen LogP contribution in [0, 0.1) is 6.92 Å². The van der Waals surface area contributed by atoms with Gasteiger partial charge in [0.15, 0.2) is 0 Å². The molecule has 0 saturated heterocycles. The number of aromatic nitrogens is 1. The molecule has 1 rings (SSSR count). The SMILES string of the molecule is CCOC(CN)COc1ccc(C)nc1. The van der Waals surface area contributed by atoms with Crippen LogP contribution in [0.25, 0.3) is 0 Å². The average Bonchev–Trinajstić information content (AvgIpc) is 2.26. The molecule has 1 unspecified atom stereocenters. The summed E-state index contributed by atoms with van der Waals surface area (Å²) in [5.74, 6) is 0.749. The molecule has 1 aromatic rings. The molecular weight excluding hydrogens is 192 g/mol. The number of ether oxygens (including phenoxy) is 2. The van der Waals surface area contributed by atoms with Crippen molar-refractivity contribution in [1.82, 2.24) is 4.98 Å². The predicted molar refractivity (Wildman–Crippen MR) is 58.9 cm³/mol. The van der Waals surface area contributed by atoms with E-state index in [9.17, 15) is 0 Å². The van der Waals surface area contributed by atoms with Crippen LogP contribution in [-0.4, -0.2) is 30.8 Å². The van der Waals surface area contributed by atoms with E-state index in [1.54, 1.807) is 6.20 Å². The van der Waals surface area contributed by atoms with E-state index in [1.807, 2.05) is 26.0 Å². The first-order chi connectivity index (χ1) is 7.26. The van der Waals surface area contributed by atoms with E-state index in [0.717, 1.165) is 11.4 Å². The summed E-state index contributed by atoms with van der Waals surface area (Å²) in [4.78, 5) is 4.13. The van der Waals surface area contributed by atoms with Gasteiger partial charge in [-0.05, 0) is 26.0 Å². The Hall–Kier alpha value is -1.13. The Labute approximate surface area is 90.4 Å². The largest absolute Gasteiger partial charge is 0.489 e. The van der Waals surface area contributed by atoms with Gasteiger partial charge < -0.3 is 15.2 Å². The van der Waals surface area contributed by atoms with E-state index >= 15 is 0 Å². The molecule has 1 atom stereocenters. The minimum absolute atomic E-state index is 0.0451. The molecule has 1 heterocycles. The van der Waals surface area contributed by atoms with Crippen LogP contribution in [0.5, 0.6) is 5.75 Å². The van der Waals surface area contributed by atoms with Crippen LogP contribution in [-0.2, 0) is 4.74 Å². The van der Waals surface area contributed by atoms with E-state index in [0.29, 0.717) is 19.8 Å². The molecule has 0 fully saturated rings. The zero-order valence-corrected chi connectivity index (χ0v) is 9.27. The number of nitrogens with zero attached hydrogens (tertiary/aromatic N) is 1. The maximum absolute atomic E-state index is 5.53. The van der Waals surface area contributed by atoms with Gasteiger partial charge in [-0.25, -0.2) is 0 Å². The lowest BCUT2D eigenvalue weighted by Crippen LogP contribution is -2.30. The lowest BCUT2D eigenvalue weighted by molar-refractivity contribution is 0.0336.